The number of hydrogen-bond donors (Lipinski definition) is 0. The quantitative estimate of drug-likeness (QED) is 0.466. The van der Waals surface area contributed by atoms with Gasteiger partial charge in [0.05, 0.1) is 17.1 Å². The van der Waals surface area contributed by atoms with E-state index in [1.807, 2.05) is 30.6 Å². The number of nitrogens with zero attached hydrogens (tertiary/aromatic N) is 3. The van der Waals surface area contributed by atoms with Crippen molar-refractivity contribution in [2.24, 2.45) is 0 Å². The molecule has 0 N–H and O–H groups in total. The highest BCUT2D eigenvalue weighted by Crippen LogP contribution is 2.29. The zero-order valence-corrected chi connectivity index (χ0v) is 15.5. The Morgan fingerprint density at radius 1 is 1.00 bits per heavy atom. The van der Waals surface area contributed by atoms with Gasteiger partial charge in [-0.3, -0.25) is 4.98 Å². The molecule has 2 aromatic heterocycles. The fraction of sp³-hybridized carbons (Fsp3) is 0.143. The third kappa shape index (κ3) is 3.22. The molecule has 124 valence electrons. The van der Waals surface area contributed by atoms with Crippen LogP contribution >= 0.6 is 15.9 Å². The molecule has 25 heavy (non-hydrogen) atoms. The summed E-state index contributed by atoms with van der Waals surface area (Å²) in [6.45, 7) is 2.23. The van der Waals surface area contributed by atoms with E-state index >= 15 is 0 Å². The van der Waals surface area contributed by atoms with Gasteiger partial charge in [-0.15, -0.1) is 0 Å². The van der Waals surface area contributed by atoms with Gasteiger partial charge in [0.15, 0.2) is 0 Å². The average Bonchev–Trinajstić information content (AvgIpc) is 2.99. The summed E-state index contributed by atoms with van der Waals surface area (Å²) in [6.07, 6.45) is 4.45. The molecule has 2 heterocycles. The summed E-state index contributed by atoms with van der Waals surface area (Å²) < 4.78 is 3.41. The predicted molar refractivity (Wildman–Crippen MR) is 105 cm³/mol. The fourth-order valence-electron chi connectivity index (χ4n) is 3.24. The minimum Gasteiger partial charge on any atom is -0.320 e. The van der Waals surface area contributed by atoms with Gasteiger partial charge >= 0.3 is 0 Å². The number of hydrogen-bond acceptors (Lipinski definition) is 2. The highest BCUT2D eigenvalue weighted by Gasteiger charge is 2.17. The van der Waals surface area contributed by atoms with Crippen molar-refractivity contribution in [2.75, 3.05) is 0 Å². The van der Waals surface area contributed by atoms with Crippen LogP contribution in [0.25, 0.3) is 11.0 Å². The van der Waals surface area contributed by atoms with Crippen molar-refractivity contribution < 1.29 is 0 Å². The van der Waals surface area contributed by atoms with Crippen LogP contribution in [0, 0.1) is 0 Å². The lowest BCUT2D eigenvalue weighted by Gasteiger charge is -2.18. The second kappa shape index (κ2) is 6.81. The molecule has 3 nitrogen and oxygen atoms in total. The molecule has 2 aromatic carbocycles. The third-order valence-electron chi connectivity index (χ3n) is 4.51. The number of aromatic nitrogens is 3. The van der Waals surface area contributed by atoms with Crippen molar-refractivity contribution in [1.82, 2.24) is 14.5 Å². The Labute approximate surface area is 155 Å². The maximum Gasteiger partial charge on any atom is 0.114 e. The van der Waals surface area contributed by atoms with Gasteiger partial charge in [-0.2, -0.15) is 0 Å². The predicted octanol–water partition coefficient (Wildman–Crippen LogP) is 5.39. The largest absolute Gasteiger partial charge is 0.320 e. The first kappa shape index (κ1) is 16.0. The normalized spacial score (nSPS) is 12.4. The Morgan fingerprint density at radius 3 is 2.52 bits per heavy atom. The number of rotatable bonds is 4. The van der Waals surface area contributed by atoms with Gasteiger partial charge in [0.2, 0.25) is 0 Å². The molecule has 0 aliphatic carbocycles. The van der Waals surface area contributed by atoms with Crippen molar-refractivity contribution in [3.8, 4) is 0 Å². The molecule has 0 unspecified atom stereocenters. The highest BCUT2D eigenvalue weighted by molar-refractivity contribution is 9.10. The Hall–Kier alpha value is -2.46. The zero-order valence-electron chi connectivity index (χ0n) is 13.9. The second-order valence-electron chi connectivity index (χ2n) is 6.15. The molecule has 0 saturated carbocycles. The van der Waals surface area contributed by atoms with Crippen LogP contribution in [0.15, 0.2) is 77.5 Å². The number of pyridine rings is 1. The summed E-state index contributed by atoms with van der Waals surface area (Å²) in [7, 11) is 0. The molecule has 0 aliphatic heterocycles. The molecule has 4 rings (SSSR count). The molecule has 0 aliphatic rings. The zero-order chi connectivity index (χ0) is 17.2. The van der Waals surface area contributed by atoms with Crippen LogP contribution in [-0.2, 0) is 6.42 Å². The van der Waals surface area contributed by atoms with Crippen LogP contribution in [0.5, 0.6) is 0 Å². The van der Waals surface area contributed by atoms with Gasteiger partial charge in [-0.25, -0.2) is 4.98 Å². The van der Waals surface area contributed by atoms with E-state index in [4.69, 9.17) is 4.98 Å². The smallest absolute Gasteiger partial charge is 0.114 e. The van der Waals surface area contributed by atoms with E-state index in [2.05, 4.69) is 74.9 Å². The van der Waals surface area contributed by atoms with Crippen LogP contribution in [0.2, 0.25) is 0 Å². The van der Waals surface area contributed by atoms with E-state index in [-0.39, 0.29) is 6.04 Å². The van der Waals surface area contributed by atoms with Crippen LogP contribution in [0.3, 0.4) is 0 Å². The van der Waals surface area contributed by atoms with Crippen molar-refractivity contribution in [3.63, 3.8) is 0 Å². The van der Waals surface area contributed by atoms with Gasteiger partial charge in [-0.05, 0) is 48.4 Å². The molecular formula is C21H18BrN3. The maximum absolute atomic E-state index is 4.92. The van der Waals surface area contributed by atoms with Crippen molar-refractivity contribution in [2.45, 2.75) is 19.4 Å². The van der Waals surface area contributed by atoms with Crippen LogP contribution in [0.1, 0.15) is 29.9 Å². The Balaban J connectivity index is 1.87. The summed E-state index contributed by atoms with van der Waals surface area (Å²) in [5.74, 6) is 1.07. The van der Waals surface area contributed by atoms with E-state index in [1.54, 1.807) is 0 Å². The molecule has 0 amide bonds. The molecule has 0 saturated heterocycles. The molecular weight excluding hydrogens is 374 g/mol. The van der Waals surface area contributed by atoms with E-state index in [0.29, 0.717) is 0 Å². The van der Waals surface area contributed by atoms with E-state index in [1.165, 1.54) is 11.1 Å². The van der Waals surface area contributed by atoms with Crippen LogP contribution in [-0.4, -0.2) is 14.5 Å². The summed E-state index contributed by atoms with van der Waals surface area (Å²) in [5.41, 5.74) is 4.66. The lowest BCUT2D eigenvalue weighted by Crippen LogP contribution is -2.11. The van der Waals surface area contributed by atoms with Crippen molar-refractivity contribution in [3.05, 3.63) is 94.5 Å². The molecule has 4 heteroatoms. The number of fused-ring (bicyclic) bond motifs is 1. The first-order valence-electron chi connectivity index (χ1n) is 8.32. The Bertz CT molecular complexity index is 994. The van der Waals surface area contributed by atoms with Gasteiger partial charge in [0.1, 0.15) is 5.82 Å². The Morgan fingerprint density at radius 2 is 1.76 bits per heavy atom. The van der Waals surface area contributed by atoms with E-state index < -0.39 is 0 Å². The van der Waals surface area contributed by atoms with Crippen molar-refractivity contribution in [1.29, 1.82) is 0 Å². The number of benzene rings is 2. The molecule has 4 aromatic rings. The first-order chi connectivity index (χ1) is 12.2. The van der Waals surface area contributed by atoms with Crippen LogP contribution < -0.4 is 0 Å². The summed E-state index contributed by atoms with van der Waals surface area (Å²) in [6, 6.07) is 21.1. The minimum atomic E-state index is 0.206. The third-order valence-corrected chi connectivity index (χ3v) is 5.00. The van der Waals surface area contributed by atoms with Gasteiger partial charge in [0.25, 0.3) is 0 Å². The second-order valence-corrected chi connectivity index (χ2v) is 7.07. The van der Waals surface area contributed by atoms with Crippen LogP contribution in [0.4, 0.5) is 0 Å². The monoisotopic (exact) mass is 391 g/mol. The fourth-order valence-corrected chi connectivity index (χ4v) is 3.59. The average molecular weight is 392 g/mol. The standard InChI is InChI=1S/C21H18BrN3/c1-15(17-5-3-2-4-6-17)25-20-14-18(22)7-8-19(20)24-21(25)13-16-9-11-23-12-10-16/h2-12,14-15H,13H2,1H3/t15-/m1/s1. The number of imidazole rings is 1. The summed E-state index contributed by atoms with van der Waals surface area (Å²) in [4.78, 5) is 9.03. The Kier molecular flexibility index (Phi) is 4.36. The van der Waals surface area contributed by atoms with E-state index in [0.717, 1.165) is 27.8 Å². The van der Waals surface area contributed by atoms with Crippen molar-refractivity contribution >= 4 is 27.0 Å². The molecule has 0 fully saturated rings. The van der Waals surface area contributed by atoms with E-state index in [9.17, 15) is 0 Å². The summed E-state index contributed by atoms with van der Waals surface area (Å²) in [5, 5.41) is 0. The van der Waals surface area contributed by atoms with Gasteiger partial charge in [0, 0.05) is 23.3 Å². The first-order valence-corrected chi connectivity index (χ1v) is 9.12. The molecule has 0 radical (unpaired) electrons. The molecule has 0 spiro atoms. The molecule has 1 atom stereocenters. The lowest BCUT2D eigenvalue weighted by atomic mass is 10.1. The van der Waals surface area contributed by atoms with Gasteiger partial charge in [-0.1, -0.05) is 46.3 Å². The number of halogens is 1. The maximum atomic E-state index is 4.92. The molecule has 0 bridgehead atoms. The topological polar surface area (TPSA) is 30.7 Å². The van der Waals surface area contributed by atoms with Gasteiger partial charge < -0.3 is 4.57 Å². The summed E-state index contributed by atoms with van der Waals surface area (Å²) >= 11 is 3.60. The SMILES string of the molecule is C[C@H](c1ccccc1)n1c(Cc2ccncc2)nc2ccc(Br)cc21. The highest BCUT2D eigenvalue weighted by atomic mass is 79.9. The minimum absolute atomic E-state index is 0.206. The lowest BCUT2D eigenvalue weighted by molar-refractivity contribution is 0.627.